The van der Waals surface area contributed by atoms with Crippen LogP contribution in [-0.4, -0.2) is 37.1 Å². The van der Waals surface area contributed by atoms with Gasteiger partial charge in [-0.05, 0) is 37.6 Å². The first kappa shape index (κ1) is 19.3. The zero-order chi connectivity index (χ0) is 21.9. The maximum Gasteiger partial charge on any atom is 0.275 e. The number of pyridine rings is 1. The Kier molecular flexibility index (Phi) is 4.35. The molecule has 0 saturated carbocycles. The van der Waals surface area contributed by atoms with Crippen LogP contribution in [0.1, 0.15) is 34.7 Å². The third-order valence-electron chi connectivity index (χ3n) is 5.84. The average Bonchev–Trinajstić information content (AvgIpc) is 3.35. The van der Waals surface area contributed by atoms with Crippen molar-refractivity contribution in [2.24, 2.45) is 7.05 Å². The Balaban J connectivity index is 1.54. The lowest BCUT2D eigenvalue weighted by molar-refractivity contribution is 0.0669. The van der Waals surface area contributed by atoms with E-state index in [-0.39, 0.29) is 17.5 Å². The lowest BCUT2D eigenvalue weighted by Gasteiger charge is -2.32. The zero-order valence-corrected chi connectivity index (χ0v) is 16.8. The number of rotatable bonds is 2. The predicted octanol–water partition coefficient (Wildman–Crippen LogP) is 4.14. The van der Waals surface area contributed by atoms with Gasteiger partial charge in [-0.1, -0.05) is 0 Å². The molecule has 0 radical (unpaired) electrons. The maximum absolute atomic E-state index is 13.8. The van der Waals surface area contributed by atoms with Crippen molar-refractivity contribution in [2.75, 3.05) is 6.54 Å². The molecule has 1 atom stereocenters. The first-order valence-corrected chi connectivity index (χ1v) is 9.80. The molecule has 5 rings (SSSR count). The fourth-order valence-electron chi connectivity index (χ4n) is 4.36. The first-order valence-electron chi connectivity index (χ1n) is 9.80. The molecule has 1 N–H and O–H groups in total. The lowest BCUT2D eigenvalue weighted by atomic mass is 9.95. The third-order valence-corrected chi connectivity index (χ3v) is 5.84. The van der Waals surface area contributed by atoms with Gasteiger partial charge in [0.1, 0.15) is 0 Å². The van der Waals surface area contributed by atoms with Crippen LogP contribution in [0.5, 0.6) is 0 Å². The minimum atomic E-state index is -1.50. The molecule has 0 fully saturated rings. The van der Waals surface area contributed by atoms with E-state index in [9.17, 15) is 18.0 Å². The highest BCUT2D eigenvalue weighted by molar-refractivity contribution is 6.04. The van der Waals surface area contributed by atoms with E-state index in [0.29, 0.717) is 35.6 Å². The van der Waals surface area contributed by atoms with Gasteiger partial charge in [0.2, 0.25) is 0 Å². The van der Waals surface area contributed by atoms with Crippen LogP contribution in [-0.2, 0) is 13.5 Å². The number of carbonyl (C=O) groups excluding carboxylic acids is 1. The minimum absolute atomic E-state index is 0.206. The molecule has 31 heavy (non-hydrogen) atoms. The Morgan fingerprint density at radius 2 is 1.94 bits per heavy atom. The van der Waals surface area contributed by atoms with Gasteiger partial charge in [0.15, 0.2) is 23.1 Å². The molecule has 0 aliphatic carbocycles. The van der Waals surface area contributed by atoms with E-state index < -0.39 is 17.5 Å². The average molecular weight is 425 g/mol. The largest absolute Gasteiger partial charge is 0.359 e. The highest BCUT2D eigenvalue weighted by Gasteiger charge is 2.34. The first-order chi connectivity index (χ1) is 14.9. The summed E-state index contributed by atoms with van der Waals surface area (Å²) in [6.45, 7) is 2.24. The summed E-state index contributed by atoms with van der Waals surface area (Å²) < 4.78 is 42.6. The number of benzene rings is 1. The summed E-state index contributed by atoms with van der Waals surface area (Å²) in [5.41, 5.74) is 3.14. The number of carbonyl (C=O) groups is 1. The van der Waals surface area contributed by atoms with E-state index in [1.807, 2.05) is 19.1 Å². The topological polar surface area (TPSA) is 66.8 Å². The van der Waals surface area contributed by atoms with Gasteiger partial charge >= 0.3 is 0 Å². The molecule has 0 unspecified atom stereocenters. The van der Waals surface area contributed by atoms with E-state index >= 15 is 0 Å². The van der Waals surface area contributed by atoms with Gasteiger partial charge in [-0.3, -0.25) is 9.48 Å². The molecular formula is C22H18F3N5O. The molecule has 0 spiro atoms. The number of amides is 1. The summed E-state index contributed by atoms with van der Waals surface area (Å²) in [7, 11) is 1.66. The second-order valence-corrected chi connectivity index (χ2v) is 7.62. The van der Waals surface area contributed by atoms with E-state index in [0.717, 1.165) is 23.1 Å². The Bertz CT molecular complexity index is 1320. The van der Waals surface area contributed by atoms with Crippen LogP contribution in [0.2, 0.25) is 0 Å². The van der Waals surface area contributed by atoms with Crippen molar-refractivity contribution in [3.63, 3.8) is 0 Å². The molecule has 0 saturated heterocycles. The molecule has 6 nitrogen and oxygen atoms in total. The quantitative estimate of drug-likeness (QED) is 0.491. The van der Waals surface area contributed by atoms with Crippen LogP contribution in [0.15, 0.2) is 36.7 Å². The van der Waals surface area contributed by atoms with Crippen molar-refractivity contribution in [2.45, 2.75) is 19.4 Å². The Morgan fingerprint density at radius 1 is 1.19 bits per heavy atom. The molecule has 158 valence electrons. The number of nitrogens with one attached hydrogen (secondary N) is 1. The number of halogens is 3. The molecule has 1 amide bonds. The standard InChI is InChI=1S/C22H18F3N5O/c1-11-18-14(21(29(2)28-18)13-9-15(23)17(25)16(24)10-13)5-8-30(11)22(31)20-19-12(3-6-26-19)4-7-27-20/h3-4,6-7,9-11,26H,5,8H2,1-2H3/t11-/m0/s1. The number of H-pyrrole nitrogens is 1. The Labute approximate surface area is 175 Å². The molecule has 1 aliphatic heterocycles. The van der Waals surface area contributed by atoms with Crippen molar-refractivity contribution in [1.82, 2.24) is 24.6 Å². The highest BCUT2D eigenvalue weighted by atomic mass is 19.2. The molecule has 1 aliphatic rings. The number of fused-ring (bicyclic) bond motifs is 2. The van der Waals surface area contributed by atoms with Gasteiger partial charge in [-0.15, -0.1) is 0 Å². The van der Waals surface area contributed by atoms with Crippen molar-refractivity contribution >= 4 is 16.8 Å². The van der Waals surface area contributed by atoms with Gasteiger partial charge in [0.05, 0.1) is 22.9 Å². The van der Waals surface area contributed by atoms with Crippen molar-refractivity contribution in [1.29, 1.82) is 0 Å². The van der Waals surface area contributed by atoms with Crippen LogP contribution in [0, 0.1) is 17.5 Å². The maximum atomic E-state index is 13.8. The smallest absolute Gasteiger partial charge is 0.275 e. The lowest BCUT2D eigenvalue weighted by Crippen LogP contribution is -2.39. The molecule has 4 aromatic rings. The van der Waals surface area contributed by atoms with Gasteiger partial charge in [-0.25, -0.2) is 18.2 Å². The van der Waals surface area contributed by atoms with Crippen molar-refractivity contribution < 1.29 is 18.0 Å². The van der Waals surface area contributed by atoms with E-state index in [1.165, 1.54) is 4.68 Å². The zero-order valence-electron chi connectivity index (χ0n) is 16.8. The molecule has 4 heterocycles. The molecule has 0 bridgehead atoms. The number of hydrogen-bond donors (Lipinski definition) is 1. The summed E-state index contributed by atoms with van der Waals surface area (Å²) in [4.78, 5) is 22.3. The second-order valence-electron chi connectivity index (χ2n) is 7.62. The van der Waals surface area contributed by atoms with Crippen LogP contribution in [0.25, 0.3) is 22.2 Å². The van der Waals surface area contributed by atoms with Crippen LogP contribution >= 0.6 is 0 Å². The Hall–Kier alpha value is -3.62. The van der Waals surface area contributed by atoms with Crippen LogP contribution in [0.3, 0.4) is 0 Å². The number of hydrogen-bond acceptors (Lipinski definition) is 3. The van der Waals surface area contributed by atoms with Gasteiger partial charge < -0.3 is 9.88 Å². The van der Waals surface area contributed by atoms with Crippen molar-refractivity contribution in [3.05, 3.63) is 71.1 Å². The summed E-state index contributed by atoms with van der Waals surface area (Å²) in [6.07, 6.45) is 3.79. The summed E-state index contributed by atoms with van der Waals surface area (Å²) in [5, 5.41) is 5.42. The summed E-state index contributed by atoms with van der Waals surface area (Å²) >= 11 is 0. The molecule has 9 heteroatoms. The van der Waals surface area contributed by atoms with E-state index in [2.05, 4.69) is 15.1 Å². The third kappa shape index (κ3) is 2.91. The van der Waals surface area contributed by atoms with E-state index in [1.54, 1.807) is 24.3 Å². The summed E-state index contributed by atoms with van der Waals surface area (Å²) in [6, 6.07) is 5.25. The SMILES string of the molecule is C[C@H]1c2nn(C)c(-c3cc(F)c(F)c(F)c3)c2CCN1C(=O)c1nccc2cc[nH]c12. The normalized spacial score (nSPS) is 16.0. The molecule has 3 aromatic heterocycles. The Morgan fingerprint density at radius 3 is 2.68 bits per heavy atom. The highest BCUT2D eigenvalue weighted by Crippen LogP contribution is 2.37. The van der Waals surface area contributed by atoms with Crippen molar-refractivity contribution in [3.8, 4) is 11.3 Å². The number of aromatic nitrogens is 4. The van der Waals surface area contributed by atoms with Crippen LogP contribution < -0.4 is 0 Å². The molecule has 1 aromatic carbocycles. The minimum Gasteiger partial charge on any atom is -0.359 e. The van der Waals surface area contributed by atoms with Gasteiger partial charge in [0, 0.05) is 42.5 Å². The van der Waals surface area contributed by atoms with Gasteiger partial charge in [-0.2, -0.15) is 5.10 Å². The summed E-state index contributed by atoms with van der Waals surface area (Å²) in [5.74, 6) is -4.24. The number of aryl methyl sites for hydroxylation is 1. The number of aromatic amines is 1. The monoisotopic (exact) mass is 425 g/mol. The number of nitrogens with zero attached hydrogens (tertiary/aromatic N) is 4. The predicted molar refractivity (Wildman–Crippen MR) is 108 cm³/mol. The van der Waals surface area contributed by atoms with Crippen LogP contribution in [0.4, 0.5) is 13.2 Å². The molecular weight excluding hydrogens is 407 g/mol. The second kappa shape index (κ2) is 6.97. The fourth-order valence-corrected chi connectivity index (χ4v) is 4.36. The fraction of sp³-hybridized carbons (Fsp3) is 0.227. The van der Waals surface area contributed by atoms with Gasteiger partial charge in [0.25, 0.3) is 5.91 Å². The van der Waals surface area contributed by atoms with E-state index in [4.69, 9.17) is 0 Å².